The predicted molar refractivity (Wildman–Crippen MR) is 91.0 cm³/mol. The third kappa shape index (κ3) is 7.19. The van der Waals surface area contributed by atoms with Crippen molar-refractivity contribution in [3.63, 3.8) is 0 Å². The van der Waals surface area contributed by atoms with Gasteiger partial charge in [0.15, 0.2) is 0 Å². The van der Waals surface area contributed by atoms with Crippen molar-refractivity contribution in [2.75, 3.05) is 26.7 Å². The molecule has 1 fully saturated rings. The fourth-order valence-corrected chi connectivity index (χ4v) is 2.50. The SMILES string of the molecule is COC(=O)[C@H]1CN(C(=O)OC(C)(C)C)C[C@H]1CNC(=O)OC(C)(C)C. The van der Waals surface area contributed by atoms with Gasteiger partial charge in [-0.05, 0) is 41.5 Å². The number of likely N-dealkylation sites (tertiary alicyclic amines) is 1. The van der Waals surface area contributed by atoms with E-state index in [1.807, 2.05) is 0 Å². The van der Waals surface area contributed by atoms with Gasteiger partial charge in [-0.25, -0.2) is 9.59 Å². The quantitative estimate of drug-likeness (QED) is 0.614. The average Bonchev–Trinajstić information content (AvgIpc) is 2.85. The second-order valence-corrected chi connectivity index (χ2v) is 8.16. The van der Waals surface area contributed by atoms with Crippen molar-refractivity contribution in [3.8, 4) is 0 Å². The van der Waals surface area contributed by atoms with Crippen molar-refractivity contribution in [3.05, 3.63) is 0 Å². The van der Waals surface area contributed by atoms with Gasteiger partial charge in [-0.2, -0.15) is 0 Å². The molecule has 8 nitrogen and oxygen atoms in total. The van der Waals surface area contributed by atoms with Gasteiger partial charge in [-0.1, -0.05) is 0 Å². The third-order valence-electron chi connectivity index (χ3n) is 3.50. The number of hydrogen-bond donors (Lipinski definition) is 1. The second-order valence-electron chi connectivity index (χ2n) is 8.16. The van der Waals surface area contributed by atoms with Gasteiger partial charge < -0.3 is 24.4 Å². The van der Waals surface area contributed by atoms with Crippen LogP contribution in [0.5, 0.6) is 0 Å². The maximum absolute atomic E-state index is 12.2. The third-order valence-corrected chi connectivity index (χ3v) is 3.50. The van der Waals surface area contributed by atoms with Gasteiger partial charge in [0.2, 0.25) is 0 Å². The molecule has 0 aliphatic carbocycles. The molecule has 2 atom stereocenters. The number of amides is 2. The van der Waals surface area contributed by atoms with E-state index >= 15 is 0 Å². The lowest BCUT2D eigenvalue weighted by molar-refractivity contribution is -0.146. The zero-order valence-electron chi connectivity index (χ0n) is 16.2. The van der Waals surface area contributed by atoms with E-state index < -0.39 is 35.3 Å². The molecule has 0 unspecified atom stereocenters. The summed E-state index contributed by atoms with van der Waals surface area (Å²) in [5, 5.41) is 2.65. The minimum absolute atomic E-state index is 0.197. The van der Waals surface area contributed by atoms with E-state index in [0.717, 1.165) is 0 Å². The van der Waals surface area contributed by atoms with E-state index in [2.05, 4.69) is 5.32 Å². The number of carbonyl (C=O) groups is 3. The summed E-state index contributed by atoms with van der Waals surface area (Å²) in [5.74, 6) is -1.21. The first kappa shape index (κ1) is 21.1. The van der Waals surface area contributed by atoms with Crippen LogP contribution in [0.15, 0.2) is 0 Å². The Bertz CT molecular complexity index is 506. The number of rotatable bonds is 3. The van der Waals surface area contributed by atoms with Crippen molar-refractivity contribution in [1.82, 2.24) is 10.2 Å². The van der Waals surface area contributed by atoms with Crippen LogP contribution in [-0.4, -0.2) is 61.0 Å². The zero-order chi connectivity index (χ0) is 19.4. The summed E-state index contributed by atoms with van der Waals surface area (Å²) in [6.07, 6.45) is -1.05. The summed E-state index contributed by atoms with van der Waals surface area (Å²) in [6.45, 7) is 11.3. The number of carbonyl (C=O) groups excluding carboxylic acids is 3. The molecule has 0 spiro atoms. The molecule has 1 aliphatic heterocycles. The van der Waals surface area contributed by atoms with Gasteiger partial charge in [0.1, 0.15) is 11.2 Å². The van der Waals surface area contributed by atoms with Crippen LogP contribution in [-0.2, 0) is 19.0 Å². The van der Waals surface area contributed by atoms with Crippen LogP contribution < -0.4 is 5.32 Å². The van der Waals surface area contributed by atoms with Crippen molar-refractivity contribution in [2.45, 2.75) is 52.7 Å². The van der Waals surface area contributed by atoms with E-state index in [9.17, 15) is 14.4 Å². The minimum atomic E-state index is -0.620. The molecule has 8 heteroatoms. The molecule has 0 saturated carbocycles. The van der Waals surface area contributed by atoms with E-state index in [1.165, 1.54) is 12.0 Å². The van der Waals surface area contributed by atoms with Crippen LogP contribution in [0.3, 0.4) is 0 Å². The van der Waals surface area contributed by atoms with Gasteiger partial charge in [0, 0.05) is 25.6 Å². The number of hydrogen-bond acceptors (Lipinski definition) is 6. The Morgan fingerprint density at radius 2 is 1.56 bits per heavy atom. The molecule has 1 N–H and O–H groups in total. The van der Waals surface area contributed by atoms with Gasteiger partial charge >= 0.3 is 18.2 Å². The number of ether oxygens (including phenoxy) is 3. The Kier molecular flexibility index (Phi) is 6.68. The Morgan fingerprint density at radius 3 is 2.04 bits per heavy atom. The maximum Gasteiger partial charge on any atom is 0.410 e. The summed E-state index contributed by atoms with van der Waals surface area (Å²) in [6, 6.07) is 0. The van der Waals surface area contributed by atoms with Gasteiger partial charge in [-0.15, -0.1) is 0 Å². The Balaban J connectivity index is 2.70. The molecule has 1 aliphatic rings. The Labute approximate surface area is 149 Å². The van der Waals surface area contributed by atoms with Crippen LogP contribution in [0, 0.1) is 11.8 Å². The fraction of sp³-hybridized carbons (Fsp3) is 0.824. The van der Waals surface area contributed by atoms with Gasteiger partial charge in [0.05, 0.1) is 13.0 Å². The molecule has 1 saturated heterocycles. The van der Waals surface area contributed by atoms with E-state index in [4.69, 9.17) is 14.2 Å². The Morgan fingerprint density at radius 1 is 1.00 bits per heavy atom. The van der Waals surface area contributed by atoms with Crippen LogP contribution >= 0.6 is 0 Å². The van der Waals surface area contributed by atoms with Crippen LogP contribution in [0.1, 0.15) is 41.5 Å². The molecule has 144 valence electrons. The summed E-state index contributed by atoms with van der Waals surface area (Å²) >= 11 is 0. The van der Waals surface area contributed by atoms with Crippen LogP contribution in [0.2, 0.25) is 0 Å². The first-order chi connectivity index (χ1) is 11.3. The van der Waals surface area contributed by atoms with Crippen LogP contribution in [0.4, 0.5) is 9.59 Å². The molecule has 1 heterocycles. The van der Waals surface area contributed by atoms with Crippen LogP contribution in [0.25, 0.3) is 0 Å². The summed E-state index contributed by atoms with van der Waals surface area (Å²) in [5.41, 5.74) is -1.23. The average molecular weight is 358 g/mol. The predicted octanol–water partition coefficient (Wildman–Crippen LogP) is 2.17. The normalized spacial score (nSPS) is 20.8. The Hall–Kier alpha value is -1.99. The van der Waals surface area contributed by atoms with Gasteiger partial charge in [0.25, 0.3) is 0 Å². The number of alkyl carbamates (subject to hydrolysis) is 1. The maximum atomic E-state index is 12.2. The minimum Gasteiger partial charge on any atom is -0.469 e. The molecular weight excluding hydrogens is 328 g/mol. The van der Waals surface area contributed by atoms with E-state index in [0.29, 0.717) is 6.54 Å². The van der Waals surface area contributed by atoms with E-state index in [1.54, 1.807) is 41.5 Å². The zero-order valence-corrected chi connectivity index (χ0v) is 16.2. The number of methoxy groups -OCH3 is 1. The highest BCUT2D eigenvalue weighted by molar-refractivity contribution is 5.76. The van der Waals surface area contributed by atoms with Crippen molar-refractivity contribution >= 4 is 18.2 Å². The summed E-state index contributed by atoms with van der Waals surface area (Å²) in [4.78, 5) is 37.5. The standard InChI is InChI=1S/C17H30N2O6/c1-16(2,3)24-14(21)18-8-11-9-19(10-12(11)13(20)23-7)15(22)25-17(4,5)6/h11-12H,8-10H2,1-7H3,(H,18,21)/t11-,12+/m1/s1. The first-order valence-electron chi connectivity index (χ1n) is 8.35. The topological polar surface area (TPSA) is 94.2 Å². The first-order valence-corrected chi connectivity index (χ1v) is 8.35. The van der Waals surface area contributed by atoms with Crippen molar-refractivity contribution in [2.24, 2.45) is 11.8 Å². The number of esters is 1. The van der Waals surface area contributed by atoms with Crippen molar-refractivity contribution < 1.29 is 28.6 Å². The van der Waals surface area contributed by atoms with Gasteiger partial charge in [-0.3, -0.25) is 4.79 Å². The second kappa shape index (κ2) is 7.93. The molecule has 0 aromatic carbocycles. The summed E-state index contributed by atoms with van der Waals surface area (Å²) in [7, 11) is 1.30. The molecule has 2 amide bonds. The smallest absolute Gasteiger partial charge is 0.410 e. The molecular formula is C17H30N2O6. The fourth-order valence-electron chi connectivity index (χ4n) is 2.50. The highest BCUT2D eigenvalue weighted by atomic mass is 16.6. The molecule has 25 heavy (non-hydrogen) atoms. The summed E-state index contributed by atoms with van der Waals surface area (Å²) < 4.78 is 15.4. The number of nitrogens with one attached hydrogen (secondary N) is 1. The highest BCUT2D eigenvalue weighted by Crippen LogP contribution is 2.26. The lowest BCUT2D eigenvalue weighted by Gasteiger charge is -2.24. The van der Waals surface area contributed by atoms with Crippen molar-refractivity contribution in [1.29, 1.82) is 0 Å². The monoisotopic (exact) mass is 358 g/mol. The molecule has 0 radical (unpaired) electrons. The molecule has 0 bridgehead atoms. The largest absolute Gasteiger partial charge is 0.469 e. The molecule has 0 aromatic heterocycles. The van der Waals surface area contributed by atoms with E-state index in [-0.39, 0.29) is 19.0 Å². The lowest BCUT2D eigenvalue weighted by atomic mass is 9.96. The highest BCUT2D eigenvalue weighted by Gasteiger charge is 2.41. The molecule has 1 rings (SSSR count). The molecule has 0 aromatic rings. The lowest BCUT2D eigenvalue weighted by Crippen LogP contribution is -2.38. The number of nitrogens with zero attached hydrogens (tertiary/aromatic N) is 1.